The molecule has 138 valence electrons. The number of benzene rings is 1. The zero-order valence-corrected chi connectivity index (χ0v) is 15.1. The van der Waals surface area contributed by atoms with Crippen molar-refractivity contribution < 1.29 is 14.3 Å². The van der Waals surface area contributed by atoms with Gasteiger partial charge in [-0.05, 0) is 43.2 Å². The lowest BCUT2D eigenvalue weighted by Crippen LogP contribution is -2.37. The van der Waals surface area contributed by atoms with E-state index in [1.807, 2.05) is 13.8 Å². The molecule has 9 heteroatoms. The Bertz CT molecular complexity index is 823. The van der Waals surface area contributed by atoms with Crippen molar-refractivity contribution >= 4 is 23.4 Å². The van der Waals surface area contributed by atoms with Crippen molar-refractivity contribution in [2.75, 3.05) is 19.7 Å². The molecule has 0 fully saturated rings. The number of hydrogen-bond donors (Lipinski definition) is 3. The lowest BCUT2D eigenvalue weighted by Gasteiger charge is -2.10. The molecule has 0 saturated heterocycles. The minimum absolute atomic E-state index is 0.0905. The van der Waals surface area contributed by atoms with Gasteiger partial charge >= 0.3 is 0 Å². The minimum atomic E-state index is -0.445. The van der Waals surface area contributed by atoms with Gasteiger partial charge in [-0.1, -0.05) is 11.6 Å². The summed E-state index contributed by atoms with van der Waals surface area (Å²) in [6.45, 7) is 4.03. The Morgan fingerprint density at radius 1 is 1.15 bits per heavy atom. The van der Waals surface area contributed by atoms with Gasteiger partial charge in [0, 0.05) is 24.2 Å². The molecule has 0 saturated carbocycles. The van der Waals surface area contributed by atoms with E-state index in [1.165, 1.54) is 12.1 Å². The molecule has 1 heterocycles. The topological polar surface area (TPSA) is 113 Å². The number of halogens is 1. The SMILES string of the molecule is Cc1cc(OCC(=O)NCCNC(=O)c2ccc(=O)[nH]n2)cc(C)c1Cl. The first-order valence-corrected chi connectivity index (χ1v) is 8.25. The molecular weight excluding hydrogens is 360 g/mol. The summed E-state index contributed by atoms with van der Waals surface area (Å²) < 4.78 is 5.44. The predicted octanol–water partition coefficient (Wildman–Crippen LogP) is 0.965. The van der Waals surface area contributed by atoms with Crippen molar-refractivity contribution in [3.8, 4) is 5.75 Å². The second-order valence-corrected chi connectivity index (χ2v) is 5.95. The van der Waals surface area contributed by atoms with Gasteiger partial charge in [-0.2, -0.15) is 5.10 Å². The van der Waals surface area contributed by atoms with Gasteiger partial charge in [0.05, 0.1) is 0 Å². The van der Waals surface area contributed by atoms with Gasteiger partial charge in [0.2, 0.25) is 0 Å². The summed E-state index contributed by atoms with van der Waals surface area (Å²) in [5.41, 5.74) is 1.45. The first-order valence-electron chi connectivity index (χ1n) is 7.87. The smallest absolute Gasteiger partial charge is 0.271 e. The molecule has 2 amide bonds. The van der Waals surface area contributed by atoms with Crippen LogP contribution in [0.1, 0.15) is 21.6 Å². The molecule has 0 aliphatic rings. The molecule has 0 atom stereocenters. The first kappa shape index (κ1) is 19.5. The van der Waals surface area contributed by atoms with E-state index >= 15 is 0 Å². The maximum Gasteiger partial charge on any atom is 0.271 e. The van der Waals surface area contributed by atoms with Gasteiger partial charge < -0.3 is 15.4 Å². The number of nitrogens with one attached hydrogen (secondary N) is 3. The predicted molar refractivity (Wildman–Crippen MR) is 96.6 cm³/mol. The first-order chi connectivity index (χ1) is 12.4. The van der Waals surface area contributed by atoms with Gasteiger partial charge in [0.15, 0.2) is 6.61 Å². The van der Waals surface area contributed by atoms with Gasteiger partial charge in [-0.15, -0.1) is 0 Å². The molecule has 2 rings (SSSR count). The quantitative estimate of drug-likeness (QED) is 0.621. The molecular formula is C17H19ClN4O4. The summed E-state index contributed by atoms with van der Waals surface area (Å²) in [6.07, 6.45) is 0. The highest BCUT2D eigenvalue weighted by molar-refractivity contribution is 6.32. The molecule has 0 aliphatic heterocycles. The van der Waals surface area contributed by atoms with E-state index in [0.717, 1.165) is 11.1 Å². The van der Waals surface area contributed by atoms with Crippen LogP contribution < -0.4 is 20.9 Å². The molecule has 26 heavy (non-hydrogen) atoms. The summed E-state index contributed by atoms with van der Waals surface area (Å²) in [6, 6.07) is 6.05. The lowest BCUT2D eigenvalue weighted by molar-refractivity contribution is -0.123. The number of hydrogen-bond acceptors (Lipinski definition) is 5. The van der Waals surface area contributed by atoms with E-state index in [9.17, 15) is 14.4 Å². The second-order valence-electron chi connectivity index (χ2n) is 5.57. The molecule has 2 aromatic rings. The molecule has 0 spiro atoms. The fourth-order valence-corrected chi connectivity index (χ4v) is 2.24. The Morgan fingerprint density at radius 3 is 2.42 bits per heavy atom. The Morgan fingerprint density at radius 2 is 1.81 bits per heavy atom. The Hall–Kier alpha value is -2.87. The number of aromatic amines is 1. The molecule has 8 nitrogen and oxygen atoms in total. The van der Waals surface area contributed by atoms with Crippen LogP contribution in [-0.2, 0) is 4.79 Å². The number of amides is 2. The van der Waals surface area contributed by atoms with Crippen LogP contribution in [0, 0.1) is 13.8 Å². The van der Waals surface area contributed by atoms with Gasteiger partial charge in [-0.3, -0.25) is 14.4 Å². The van der Waals surface area contributed by atoms with Crippen LogP contribution in [0.4, 0.5) is 0 Å². The van der Waals surface area contributed by atoms with Crippen molar-refractivity contribution in [3.63, 3.8) is 0 Å². The molecule has 1 aromatic carbocycles. The summed E-state index contributed by atoms with van der Waals surface area (Å²) in [5.74, 6) is -0.192. The fourth-order valence-electron chi connectivity index (χ4n) is 2.13. The summed E-state index contributed by atoms with van der Waals surface area (Å²) >= 11 is 6.08. The van der Waals surface area contributed by atoms with Crippen molar-refractivity contribution in [1.29, 1.82) is 0 Å². The molecule has 3 N–H and O–H groups in total. The Kier molecular flexibility index (Phi) is 6.74. The zero-order valence-electron chi connectivity index (χ0n) is 14.4. The third-order valence-corrected chi connectivity index (χ3v) is 4.02. The van der Waals surface area contributed by atoms with E-state index in [2.05, 4.69) is 20.8 Å². The van der Waals surface area contributed by atoms with Crippen LogP contribution in [0.25, 0.3) is 0 Å². The van der Waals surface area contributed by atoms with E-state index < -0.39 is 5.91 Å². The number of carbonyl (C=O) groups excluding carboxylic acids is 2. The summed E-state index contributed by atoms with van der Waals surface area (Å²) in [4.78, 5) is 34.4. The molecule has 0 aliphatic carbocycles. The van der Waals surface area contributed by atoms with Crippen molar-refractivity contribution in [1.82, 2.24) is 20.8 Å². The van der Waals surface area contributed by atoms with Gasteiger partial charge in [-0.25, -0.2) is 5.10 Å². The molecule has 0 bridgehead atoms. The number of rotatable bonds is 7. The third kappa shape index (κ3) is 5.59. The van der Waals surface area contributed by atoms with E-state index in [0.29, 0.717) is 10.8 Å². The number of nitrogens with zero attached hydrogens (tertiary/aromatic N) is 1. The number of ether oxygens (including phenoxy) is 1. The van der Waals surface area contributed by atoms with Crippen LogP contribution in [0.5, 0.6) is 5.75 Å². The summed E-state index contributed by atoms with van der Waals surface area (Å²) in [5, 5.41) is 11.7. The second kappa shape index (κ2) is 9.00. The van der Waals surface area contributed by atoms with Crippen molar-refractivity contribution in [2.24, 2.45) is 0 Å². The largest absolute Gasteiger partial charge is 0.484 e. The van der Waals surface area contributed by atoms with Crippen LogP contribution >= 0.6 is 11.6 Å². The fraction of sp³-hybridized carbons (Fsp3) is 0.294. The Labute approximate surface area is 154 Å². The standard InChI is InChI=1S/C17H19ClN4O4/c1-10-7-12(8-11(2)16(10)18)26-9-15(24)19-5-6-20-17(25)13-3-4-14(23)22-21-13/h3-4,7-8H,5-6,9H2,1-2H3,(H,19,24)(H,20,25)(H,22,23). The van der Waals surface area contributed by atoms with E-state index in [4.69, 9.17) is 16.3 Å². The monoisotopic (exact) mass is 378 g/mol. The highest BCUT2D eigenvalue weighted by atomic mass is 35.5. The maximum atomic E-state index is 11.8. The van der Waals surface area contributed by atoms with Gasteiger partial charge in [0.1, 0.15) is 11.4 Å². The van der Waals surface area contributed by atoms with E-state index in [1.54, 1.807) is 12.1 Å². The maximum absolute atomic E-state index is 11.8. The number of carbonyl (C=O) groups is 2. The number of aryl methyl sites for hydroxylation is 2. The van der Waals surface area contributed by atoms with Crippen LogP contribution in [0.3, 0.4) is 0 Å². The van der Waals surface area contributed by atoms with Gasteiger partial charge in [0.25, 0.3) is 17.4 Å². The molecule has 0 radical (unpaired) electrons. The van der Waals surface area contributed by atoms with E-state index in [-0.39, 0.29) is 36.9 Å². The average Bonchev–Trinajstić information content (AvgIpc) is 2.61. The minimum Gasteiger partial charge on any atom is -0.484 e. The van der Waals surface area contributed by atoms with Crippen LogP contribution in [0.2, 0.25) is 5.02 Å². The van der Waals surface area contributed by atoms with Crippen LogP contribution in [0.15, 0.2) is 29.1 Å². The molecule has 1 aromatic heterocycles. The number of H-pyrrole nitrogens is 1. The average molecular weight is 379 g/mol. The highest BCUT2D eigenvalue weighted by Crippen LogP contribution is 2.25. The third-order valence-electron chi connectivity index (χ3n) is 3.42. The zero-order chi connectivity index (χ0) is 19.1. The van der Waals surface area contributed by atoms with Crippen molar-refractivity contribution in [3.05, 3.63) is 56.5 Å². The highest BCUT2D eigenvalue weighted by Gasteiger charge is 2.08. The van der Waals surface area contributed by atoms with Crippen LogP contribution in [-0.4, -0.2) is 41.7 Å². The van der Waals surface area contributed by atoms with Crippen molar-refractivity contribution in [2.45, 2.75) is 13.8 Å². The molecule has 0 unspecified atom stereocenters. The normalized spacial score (nSPS) is 10.3. The number of aromatic nitrogens is 2. The summed E-state index contributed by atoms with van der Waals surface area (Å²) in [7, 11) is 0. The Balaban J connectivity index is 1.70. The lowest BCUT2D eigenvalue weighted by atomic mass is 10.1.